The summed E-state index contributed by atoms with van der Waals surface area (Å²) in [6.07, 6.45) is 6.38. The topological polar surface area (TPSA) is 20.2 Å². The lowest BCUT2D eigenvalue weighted by Gasteiger charge is -2.07. The van der Waals surface area contributed by atoms with Crippen molar-refractivity contribution in [1.82, 2.24) is 0 Å². The van der Waals surface area contributed by atoms with Crippen LogP contribution in [0.3, 0.4) is 0 Å². The number of hydrogen-bond acceptors (Lipinski definition) is 1. The summed E-state index contributed by atoms with van der Waals surface area (Å²) in [5.74, 6) is 6.12. The molecule has 1 aliphatic rings. The highest BCUT2D eigenvalue weighted by Gasteiger charge is 2.17. The standard InChI is InChI=1S/C11H14O/c1-3-4-5-9(2)10-6-7-11(12)8-10/h5-7,10-12H,8H2,1-2H3/b9-5-/t10?,11-/m1/s1. The SMILES string of the molecule is CC#C/C=C(/C)C1C=C[C@@H](O)C1. The van der Waals surface area contributed by atoms with Gasteiger partial charge < -0.3 is 5.11 Å². The monoisotopic (exact) mass is 162 g/mol. The van der Waals surface area contributed by atoms with Gasteiger partial charge >= 0.3 is 0 Å². The molecule has 0 aromatic carbocycles. The fraction of sp³-hybridized carbons (Fsp3) is 0.455. The lowest BCUT2D eigenvalue weighted by Crippen LogP contribution is -2.02. The van der Waals surface area contributed by atoms with Gasteiger partial charge in [0.1, 0.15) is 0 Å². The molecule has 12 heavy (non-hydrogen) atoms. The van der Waals surface area contributed by atoms with E-state index < -0.39 is 0 Å². The molecule has 0 amide bonds. The van der Waals surface area contributed by atoms with Crippen LogP contribution < -0.4 is 0 Å². The van der Waals surface area contributed by atoms with Crippen molar-refractivity contribution in [2.75, 3.05) is 0 Å². The van der Waals surface area contributed by atoms with Gasteiger partial charge in [-0.3, -0.25) is 0 Å². The van der Waals surface area contributed by atoms with Gasteiger partial charge in [-0.15, -0.1) is 5.92 Å². The number of aliphatic hydroxyl groups is 1. The third kappa shape index (κ3) is 2.25. The summed E-state index contributed by atoms with van der Waals surface area (Å²) in [7, 11) is 0. The molecule has 0 saturated carbocycles. The molecular weight excluding hydrogens is 148 g/mol. The Hall–Kier alpha value is -1.00. The minimum absolute atomic E-state index is 0.257. The zero-order valence-electron chi connectivity index (χ0n) is 7.54. The Morgan fingerprint density at radius 2 is 2.33 bits per heavy atom. The molecule has 0 fully saturated rings. The molecule has 1 unspecified atom stereocenters. The summed E-state index contributed by atoms with van der Waals surface area (Å²) in [5.41, 5.74) is 1.23. The molecule has 0 saturated heterocycles. The van der Waals surface area contributed by atoms with Crippen LogP contribution in [0.1, 0.15) is 20.3 Å². The Morgan fingerprint density at radius 3 is 2.83 bits per heavy atom. The van der Waals surface area contributed by atoms with Gasteiger partial charge in [0.2, 0.25) is 0 Å². The van der Waals surface area contributed by atoms with E-state index in [1.807, 2.05) is 25.2 Å². The van der Waals surface area contributed by atoms with Gasteiger partial charge in [0.05, 0.1) is 6.10 Å². The van der Waals surface area contributed by atoms with Gasteiger partial charge in [0.15, 0.2) is 0 Å². The van der Waals surface area contributed by atoms with Crippen LogP contribution in [0.25, 0.3) is 0 Å². The van der Waals surface area contributed by atoms with Crippen LogP contribution in [0.2, 0.25) is 0 Å². The highest BCUT2D eigenvalue weighted by Crippen LogP contribution is 2.24. The van der Waals surface area contributed by atoms with Crippen molar-refractivity contribution >= 4 is 0 Å². The van der Waals surface area contributed by atoms with Crippen molar-refractivity contribution in [3.63, 3.8) is 0 Å². The Labute approximate surface area is 73.8 Å². The molecule has 1 aliphatic carbocycles. The highest BCUT2D eigenvalue weighted by atomic mass is 16.3. The Balaban J connectivity index is 2.58. The first-order valence-corrected chi connectivity index (χ1v) is 4.19. The molecule has 1 heteroatoms. The summed E-state index contributed by atoms with van der Waals surface area (Å²) in [6.45, 7) is 3.88. The van der Waals surface area contributed by atoms with Crippen LogP contribution in [0.15, 0.2) is 23.8 Å². The molecule has 64 valence electrons. The quantitative estimate of drug-likeness (QED) is 0.461. The molecule has 2 atom stereocenters. The second-order valence-electron chi connectivity index (χ2n) is 3.08. The summed E-state index contributed by atoms with van der Waals surface area (Å²) in [5, 5.41) is 9.22. The van der Waals surface area contributed by atoms with E-state index in [-0.39, 0.29) is 6.10 Å². The van der Waals surface area contributed by atoms with E-state index in [0.29, 0.717) is 5.92 Å². The third-order valence-electron chi connectivity index (χ3n) is 2.09. The molecule has 0 spiro atoms. The second kappa shape index (κ2) is 4.13. The Morgan fingerprint density at radius 1 is 1.58 bits per heavy atom. The first-order valence-electron chi connectivity index (χ1n) is 4.19. The molecule has 0 heterocycles. The molecule has 1 nitrogen and oxygen atoms in total. The molecule has 0 aliphatic heterocycles. The average Bonchev–Trinajstić information content (AvgIpc) is 2.47. The summed E-state index contributed by atoms with van der Waals surface area (Å²) >= 11 is 0. The van der Waals surface area contributed by atoms with Crippen LogP contribution in [-0.4, -0.2) is 11.2 Å². The van der Waals surface area contributed by atoms with E-state index in [1.165, 1.54) is 5.57 Å². The predicted molar refractivity (Wildman–Crippen MR) is 50.5 cm³/mol. The molecule has 0 aromatic rings. The van der Waals surface area contributed by atoms with Crippen molar-refractivity contribution in [3.05, 3.63) is 23.8 Å². The van der Waals surface area contributed by atoms with E-state index in [2.05, 4.69) is 18.8 Å². The minimum atomic E-state index is -0.257. The predicted octanol–water partition coefficient (Wildman–Crippen LogP) is 1.89. The number of allylic oxidation sites excluding steroid dienone is 3. The van der Waals surface area contributed by atoms with E-state index in [1.54, 1.807) is 0 Å². The van der Waals surface area contributed by atoms with Gasteiger partial charge in [0.25, 0.3) is 0 Å². The van der Waals surface area contributed by atoms with E-state index in [9.17, 15) is 5.11 Å². The van der Waals surface area contributed by atoms with E-state index in [0.717, 1.165) is 6.42 Å². The van der Waals surface area contributed by atoms with Crippen LogP contribution in [0.4, 0.5) is 0 Å². The van der Waals surface area contributed by atoms with Crippen molar-refractivity contribution in [2.24, 2.45) is 5.92 Å². The lowest BCUT2D eigenvalue weighted by molar-refractivity contribution is 0.214. The molecule has 1 rings (SSSR count). The van der Waals surface area contributed by atoms with E-state index >= 15 is 0 Å². The fourth-order valence-corrected chi connectivity index (χ4v) is 1.31. The van der Waals surface area contributed by atoms with Gasteiger partial charge in [-0.05, 0) is 26.3 Å². The summed E-state index contributed by atoms with van der Waals surface area (Å²) in [6, 6.07) is 0. The van der Waals surface area contributed by atoms with Crippen molar-refractivity contribution in [2.45, 2.75) is 26.4 Å². The number of hydrogen-bond donors (Lipinski definition) is 1. The zero-order chi connectivity index (χ0) is 8.97. The summed E-state index contributed by atoms with van der Waals surface area (Å²) < 4.78 is 0. The maximum Gasteiger partial charge on any atom is 0.0729 e. The first-order chi connectivity index (χ1) is 5.74. The van der Waals surface area contributed by atoms with Crippen LogP contribution in [-0.2, 0) is 0 Å². The molecular formula is C11H14O. The normalized spacial score (nSPS) is 28.4. The molecule has 1 N–H and O–H groups in total. The van der Waals surface area contributed by atoms with Crippen molar-refractivity contribution in [3.8, 4) is 11.8 Å². The van der Waals surface area contributed by atoms with Gasteiger partial charge in [0, 0.05) is 5.92 Å². The lowest BCUT2D eigenvalue weighted by atomic mass is 9.99. The Bertz CT molecular complexity index is 262. The van der Waals surface area contributed by atoms with Crippen LogP contribution in [0, 0.1) is 17.8 Å². The molecule has 0 aromatic heterocycles. The third-order valence-corrected chi connectivity index (χ3v) is 2.09. The maximum atomic E-state index is 9.22. The second-order valence-corrected chi connectivity index (χ2v) is 3.08. The minimum Gasteiger partial charge on any atom is -0.389 e. The van der Waals surface area contributed by atoms with E-state index in [4.69, 9.17) is 0 Å². The smallest absolute Gasteiger partial charge is 0.0729 e. The largest absolute Gasteiger partial charge is 0.389 e. The van der Waals surface area contributed by atoms with Gasteiger partial charge in [-0.1, -0.05) is 23.6 Å². The molecule has 0 radical (unpaired) electrons. The fourth-order valence-electron chi connectivity index (χ4n) is 1.31. The summed E-state index contributed by atoms with van der Waals surface area (Å²) in [4.78, 5) is 0. The Kier molecular flexibility index (Phi) is 3.13. The van der Waals surface area contributed by atoms with Crippen LogP contribution >= 0.6 is 0 Å². The molecule has 0 bridgehead atoms. The van der Waals surface area contributed by atoms with Gasteiger partial charge in [-0.25, -0.2) is 0 Å². The van der Waals surface area contributed by atoms with Gasteiger partial charge in [-0.2, -0.15) is 0 Å². The first kappa shape index (κ1) is 9.09. The van der Waals surface area contributed by atoms with Crippen molar-refractivity contribution in [1.29, 1.82) is 0 Å². The highest BCUT2D eigenvalue weighted by molar-refractivity contribution is 5.25. The maximum absolute atomic E-state index is 9.22. The number of rotatable bonds is 1. The zero-order valence-corrected chi connectivity index (χ0v) is 7.54. The van der Waals surface area contributed by atoms with Crippen LogP contribution in [0.5, 0.6) is 0 Å². The average molecular weight is 162 g/mol. The van der Waals surface area contributed by atoms with Crippen molar-refractivity contribution < 1.29 is 5.11 Å². The number of aliphatic hydroxyl groups excluding tert-OH is 1.